The summed E-state index contributed by atoms with van der Waals surface area (Å²) in [5.41, 5.74) is -0.528. The molecule has 0 aliphatic heterocycles. The maximum absolute atomic E-state index is 12.7. The van der Waals surface area contributed by atoms with Gasteiger partial charge in [-0.15, -0.1) is 0 Å². The first kappa shape index (κ1) is 14.0. The average Bonchev–Trinajstić information content (AvgIpc) is 2.62. The van der Waals surface area contributed by atoms with Crippen molar-refractivity contribution in [3.05, 3.63) is 17.5 Å². The van der Waals surface area contributed by atoms with Crippen LogP contribution in [0.1, 0.15) is 37.4 Å². The van der Waals surface area contributed by atoms with Gasteiger partial charge in [-0.05, 0) is 12.3 Å². The molecule has 0 spiro atoms. The van der Waals surface area contributed by atoms with E-state index < -0.39 is 11.9 Å². The number of nitrogens with zero attached hydrogens (tertiary/aromatic N) is 2. The smallest absolute Gasteiger partial charge is 0.385 e. The van der Waals surface area contributed by atoms with Gasteiger partial charge >= 0.3 is 6.18 Å². The van der Waals surface area contributed by atoms with Crippen molar-refractivity contribution in [1.82, 2.24) is 9.78 Å². The number of halogens is 3. The molecule has 1 rings (SSSR count). The van der Waals surface area contributed by atoms with Crippen LogP contribution in [0.5, 0.6) is 0 Å². The summed E-state index contributed by atoms with van der Waals surface area (Å²) in [6.45, 7) is 4.40. The molecule has 1 aromatic heterocycles. The summed E-state index contributed by atoms with van der Waals surface area (Å²) in [5, 5.41) is 3.61. The normalized spacial score (nSPS) is 12.4. The topological polar surface area (TPSA) is 27.1 Å². The van der Waals surface area contributed by atoms with E-state index in [1.807, 2.05) is 0 Å². The predicted molar refractivity (Wildman–Crippen MR) is 57.8 cm³/mol. The van der Waals surface area contributed by atoms with E-state index in [1.54, 1.807) is 21.0 Å². The van der Waals surface area contributed by atoms with Gasteiger partial charge in [0.1, 0.15) is 0 Å². The lowest BCUT2D eigenvalue weighted by atomic mass is 10.0. The first-order valence-corrected chi connectivity index (χ1v) is 5.49. The minimum absolute atomic E-state index is 0.192. The van der Waals surface area contributed by atoms with E-state index in [2.05, 4.69) is 5.10 Å². The van der Waals surface area contributed by atoms with Crippen LogP contribution in [0.3, 0.4) is 0 Å². The molecule has 0 saturated heterocycles. The van der Waals surface area contributed by atoms with Gasteiger partial charge in [-0.3, -0.25) is 4.68 Å². The molecule has 0 atom stereocenters. The lowest BCUT2D eigenvalue weighted by Crippen LogP contribution is -2.11. The van der Waals surface area contributed by atoms with Crippen LogP contribution in [-0.2, 0) is 17.5 Å². The molecule has 0 aliphatic carbocycles. The van der Waals surface area contributed by atoms with Crippen molar-refractivity contribution in [3.63, 3.8) is 0 Å². The monoisotopic (exact) mass is 250 g/mol. The van der Waals surface area contributed by atoms with Crippen LogP contribution in [0, 0.1) is 0 Å². The second-order valence-corrected chi connectivity index (χ2v) is 4.19. The highest BCUT2D eigenvalue weighted by Gasteiger charge is 2.37. The fraction of sp³-hybridized carbons (Fsp3) is 0.727. The molecule has 0 unspecified atom stereocenters. The Morgan fingerprint density at radius 1 is 1.41 bits per heavy atom. The van der Waals surface area contributed by atoms with Gasteiger partial charge in [0, 0.05) is 32.0 Å². The number of hydrogen-bond acceptors (Lipinski definition) is 2. The lowest BCUT2D eigenvalue weighted by Gasteiger charge is -2.07. The summed E-state index contributed by atoms with van der Waals surface area (Å²) in [6, 6.07) is 0. The summed E-state index contributed by atoms with van der Waals surface area (Å²) in [6.07, 6.45) is -2.26. The molecule has 0 saturated carbocycles. The third-order valence-corrected chi connectivity index (χ3v) is 2.42. The van der Waals surface area contributed by atoms with Crippen molar-refractivity contribution in [3.8, 4) is 0 Å². The van der Waals surface area contributed by atoms with E-state index in [0.717, 1.165) is 0 Å². The number of methoxy groups -OCH3 is 1. The number of rotatable bonds is 5. The quantitative estimate of drug-likeness (QED) is 0.751. The van der Waals surface area contributed by atoms with E-state index in [4.69, 9.17) is 4.74 Å². The van der Waals surface area contributed by atoms with Gasteiger partial charge in [0.25, 0.3) is 0 Å². The van der Waals surface area contributed by atoms with Crippen LogP contribution in [0.4, 0.5) is 13.2 Å². The highest BCUT2D eigenvalue weighted by Crippen LogP contribution is 2.33. The molecule has 0 fully saturated rings. The van der Waals surface area contributed by atoms with Crippen LogP contribution < -0.4 is 0 Å². The van der Waals surface area contributed by atoms with E-state index in [0.29, 0.717) is 19.6 Å². The Morgan fingerprint density at radius 2 is 2.06 bits per heavy atom. The zero-order chi connectivity index (χ0) is 13.1. The number of aryl methyl sites for hydroxylation is 1. The van der Waals surface area contributed by atoms with Gasteiger partial charge in [-0.2, -0.15) is 18.3 Å². The molecule has 98 valence electrons. The molecule has 3 nitrogen and oxygen atoms in total. The van der Waals surface area contributed by atoms with Crippen molar-refractivity contribution in [2.24, 2.45) is 0 Å². The molecule has 6 heteroatoms. The Labute approximate surface area is 98.6 Å². The number of alkyl halides is 3. The molecule has 17 heavy (non-hydrogen) atoms. The predicted octanol–water partition coefficient (Wildman–Crippen LogP) is 3.06. The third-order valence-electron chi connectivity index (χ3n) is 2.42. The molecule has 0 N–H and O–H groups in total. The van der Waals surface area contributed by atoms with Gasteiger partial charge in [-0.25, -0.2) is 0 Å². The first-order valence-electron chi connectivity index (χ1n) is 5.49. The fourth-order valence-corrected chi connectivity index (χ4v) is 1.57. The van der Waals surface area contributed by atoms with Crippen molar-refractivity contribution < 1.29 is 17.9 Å². The fourth-order valence-electron chi connectivity index (χ4n) is 1.57. The van der Waals surface area contributed by atoms with Gasteiger partial charge in [0.15, 0.2) is 5.69 Å². The molecule has 0 aromatic carbocycles. The molecule has 0 aliphatic rings. The highest BCUT2D eigenvalue weighted by molar-refractivity contribution is 5.23. The van der Waals surface area contributed by atoms with Crippen LogP contribution in [0.2, 0.25) is 0 Å². The number of aromatic nitrogens is 2. The Morgan fingerprint density at radius 3 is 2.47 bits per heavy atom. The Kier molecular flexibility index (Phi) is 4.56. The molecule has 0 radical (unpaired) electrons. The van der Waals surface area contributed by atoms with E-state index in [-0.39, 0.29) is 11.5 Å². The largest absolute Gasteiger partial charge is 0.435 e. The number of hydrogen-bond donors (Lipinski definition) is 0. The Balaban J connectivity index is 2.89. The summed E-state index contributed by atoms with van der Waals surface area (Å²) < 4.78 is 44.3. The third kappa shape index (κ3) is 3.73. The zero-order valence-electron chi connectivity index (χ0n) is 10.2. The average molecular weight is 250 g/mol. The second-order valence-electron chi connectivity index (χ2n) is 4.19. The second kappa shape index (κ2) is 5.53. The van der Waals surface area contributed by atoms with Crippen molar-refractivity contribution >= 4 is 0 Å². The molecular formula is C11H17F3N2O. The van der Waals surface area contributed by atoms with Crippen LogP contribution in [0.25, 0.3) is 0 Å². The Bertz CT molecular complexity index is 358. The molecule has 1 aromatic rings. The highest BCUT2D eigenvalue weighted by atomic mass is 19.4. The molecule has 0 amide bonds. The van der Waals surface area contributed by atoms with Crippen LogP contribution in [-0.4, -0.2) is 23.5 Å². The van der Waals surface area contributed by atoms with Crippen molar-refractivity contribution in [1.29, 1.82) is 0 Å². The maximum atomic E-state index is 12.7. The molecule has 0 bridgehead atoms. The maximum Gasteiger partial charge on any atom is 0.435 e. The van der Waals surface area contributed by atoms with Gasteiger partial charge < -0.3 is 4.74 Å². The van der Waals surface area contributed by atoms with E-state index in [9.17, 15) is 13.2 Å². The van der Waals surface area contributed by atoms with Gasteiger partial charge in [0.05, 0.1) is 0 Å². The summed E-state index contributed by atoms with van der Waals surface area (Å²) in [4.78, 5) is 0. The minimum atomic E-state index is -4.38. The molecule has 1 heterocycles. The Hall–Kier alpha value is -1.04. The number of ether oxygens (including phenoxy) is 1. The van der Waals surface area contributed by atoms with Crippen LogP contribution >= 0.6 is 0 Å². The molecular weight excluding hydrogens is 233 g/mol. The summed E-state index contributed by atoms with van der Waals surface area (Å²) in [7, 11) is 1.56. The summed E-state index contributed by atoms with van der Waals surface area (Å²) >= 11 is 0. The first-order chi connectivity index (χ1) is 7.86. The van der Waals surface area contributed by atoms with Gasteiger partial charge in [0.2, 0.25) is 0 Å². The minimum Gasteiger partial charge on any atom is -0.385 e. The SMILES string of the molecule is COCCCn1cc(C(C)C)c(C(F)(F)F)n1. The van der Waals surface area contributed by atoms with E-state index in [1.165, 1.54) is 10.9 Å². The van der Waals surface area contributed by atoms with Crippen LogP contribution in [0.15, 0.2) is 6.20 Å². The lowest BCUT2D eigenvalue weighted by molar-refractivity contribution is -0.142. The standard InChI is InChI=1S/C11H17F3N2O/c1-8(2)9-7-16(5-4-6-17-3)15-10(9)11(12,13)14/h7-8H,4-6H2,1-3H3. The van der Waals surface area contributed by atoms with Crippen molar-refractivity contribution in [2.75, 3.05) is 13.7 Å². The van der Waals surface area contributed by atoms with Gasteiger partial charge in [-0.1, -0.05) is 13.8 Å². The van der Waals surface area contributed by atoms with Crippen molar-refractivity contribution in [2.45, 2.75) is 38.9 Å². The van der Waals surface area contributed by atoms with E-state index >= 15 is 0 Å². The summed E-state index contributed by atoms with van der Waals surface area (Å²) in [5.74, 6) is -0.192. The zero-order valence-corrected chi connectivity index (χ0v) is 10.2.